The minimum Gasteiger partial charge on any atom is -0.496 e. The summed E-state index contributed by atoms with van der Waals surface area (Å²) >= 11 is 0. The zero-order valence-electron chi connectivity index (χ0n) is 9.40. The Bertz CT molecular complexity index is 343. The maximum absolute atomic E-state index is 11.2. The third-order valence-corrected chi connectivity index (χ3v) is 2.06. The summed E-state index contributed by atoms with van der Waals surface area (Å²) in [6.07, 6.45) is 0. The minimum atomic E-state index is -0.486. The van der Waals surface area contributed by atoms with E-state index in [1.807, 2.05) is 24.3 Å². The van der Waals surface area contributed by atoms with Crippen molar-refractivity contribution in [2.75, 3.05) is 7.11 Å². The van der Waals surface area contributed by atoms with Crippen molar-refractivity contribution in [3.63, 3.8) is 0 Å². The highest BCUT2D eigenvalue weighted by molar-refractivity contribution is 5.85. The summed E-state index contributed by atoms with van der Waals surface area (Å²) in [6.45, 7) is 2.09. The number of halogens is 1. The number of carbonyl (C=O) groups excluding carboxylic acids is 1. The lowest BCUT2D eigenvalue weighted by Crippen LogP contribution is -2.37. The molecular formula is C11H17ClN2O2. The highest BCUT2D eigenvalue weighted by Gasteiger charge is 2.07. The predicted molar refractivity (Wildman–Crippen MR) is 65.7 cm³/mol. The summed E-state index contributed by atoms with van der Waals surface area (Å²) in [4.78, 5) is 11.2. The molecule has 0 heterocycles. The molecule has 0 aliphatic carbocycles. The Kier molecular flexibility index (Phi) is 6.53. The summed E-state index contributed by atoms with van der Waals surface area (Å²) in [6, 6.07) is 7.05. The van der Waals surface area contributed by atoms with Crippen LogP contribution in [0.15, 0.2) is 24.3 Å². The van der Waals surface area contributed by atoms with Crippen molar-refractivity contribution >= 4 is 18.3 Å². The first-order valence-corrected chi connectivity index (χ1v) is 4.80. The van der Waals surface area contributed by atoms with E-state index in [0.717, 1.165) is 11.3 Å². The topological polar surface area (TPSA) is 64.3 Å². The number of carbonyl (C=O) groups is 1. The zero-order chi connectivity index (χ0) is 11.3. The van der Waals surface area contributed by atoms with E-state index in [1.54, 1.807) is 14.0 Å². The van der Waals surface area contributed by atoms with Crippen molar-refractivity contribution < 1.29 is 9.53 Å². The maximum atomic E-state index is 11.2. The fraction of sp³-hybridized carbons (Fsp3) is 0.364. The number of rotatable bonds is 4. The van der Waals surface area contributed by atoms with Gasteiger partial charge in [-0.1, -0.05) is 18.2 Å². The van der Waals surface area contributed by atoms with Gasteiger partial charge in [-0.15, -0.1) is 12.4 Å². The molecule has 0 radical (unpaired) electrons. The van der Waals surface area contributed by atoms with Gasteiger partial charge in [0.2, 0.25) is 5.91 Å². The van der Waals surface area contributed by atoms with Gasteiger partial charge in [0.25, 0.3) is 0 Å². The van der Waals surface area contributed by atoms with Crippen LogP contribution in [-0.4, -0.2) is 19.1 Å². The third kappa shape index (κ3) is 4.08. The van der Waals surface area contributed by atoms with Gasteiger partial charge in [0.05, 0.1) is 13.2 Å². The van der Waals surface area contributed by atoms with Crippen LogP contribution in [0, 0.1) is 0 Å². The average Bonchev–Trinajstić information content (AvgIpc) is 2.26. The van der Waals surface area contributed by atoms with Crippen molar-refractivity contribution in [2.45, 2.75) is 19.5 Å². The maximum Gasteiger partial charge on any atom is 0.236 e. The summed E-state index contributed by atoms with van der Waals surface area (Å²) in [5.74, 6) is 0.600. The van der Waals surface area contributed by atoms with Crippen LogP contribution in [0.1, 0.15) is 12.5 Å². The molecule has 0 spiro atoms. The van der Waals surface area contributed by atoms with Crippen LogP contribution in [0.25, 0.3) is 0 Å². The van der Waals surface area contributed by atoms with Gasteiger partial charge in [0.15, 0.2) is 0 Å². The number of nitrogens with two attached hydrogens (primary N) is 1. The molecule has 0 bridgehead atoms. The Balaban J connectivity index is 0.00000225. The van der Waals surface area contributed by atoms with Crippen molar-refractivity contribution in [1.82, 2.24) is 5.32 Å². The van der Waals surface area contributed by atoms with Crippen molar-refractivity contribution in [2.24, 2.45) is 5.73 Å². The Morgan fingerprint density at radius 3 is 2.69 bits per heavy atom. The number of ether oxygens (including phenoxy) is 1. The van der Waals surface area contributed by atoms with E-state index in [4.69, 9.17) is 10.5 Å². The highest BCUT2D eigenvalue weighted by atomic mass is 35.5. The molecule has 1 unspecified atom stereocenters. The minimum absolute atomic E-state index is 0. The number of amides is 1. The number of nitrogens with one attached hydrogen (secondary N) is 1. The first-order chi connectivity index (χ1) is 7.15. The molecule has 1 rings (SSSR count). The smallest absolute Gasteiger partial charge is 0.236 e. The third-order valence-electron chi connectivity index (χ3n) is 2.06. The molecule has 1 aromatic rings. The molecule has 0 aliphatic heterocycles. The Morgan fingerprint density at radius 1 is 1.50 bits per heavy atom. The monoisotopic (exact) mass is 244 g/mol. The van der Waals surface area contributed by atoms with Gasteiger partial charge >= 0.3 is 0 Å². The molecule has 16 heavy (non-hydrogen) atoms. The second-order valence-electron chi connectivity index (χ2n) is 3.32. The predicted octanol–water partition coefficient (Wildman–Crippen LogP) is 1.08. The summed E-state index contributed by atoms with van der Waals surface area (Å²) in [5, 5.41) is 2.73. The standard InChI is InChI=1S/C11H16N2O2.ClH/c1-8(12)11(14)13-7-9-5-3-4-6-10(9)15-2;/h3-6,8H,7,12H2,1-2H3,(H,13,14);1H. The molecule has 1 atom stereocenters. The van der Waals surface area contributed by atoms with Crippen molar-refractivity contribution in [3.8, 4) is 5.75 Å². The summed E-state index contributed by atoms with van der Waals surface area (Å²) in [7, 11) is 1.60. The van der Waals surface area contributed by atoms with E-state index in [-0.39, 0.29) is 18.3 Å². The van der Waals surface area contributed by atoms with E-state index in [2.05, 4.69) is 5.32 Å². The van der Waals surface area contributed by atoms with Crippen molar-refractivity contribution in [1.29, 1.82) is 0 Å². The average molecular weight is 245 g/mol. The first-order valence-electron chi connectivity index (χ1n) is 4.80. The van der Waals surface area contributed by atoms with Crippen LogP contribution in [0.5, 0.6) is 5.75 Å². The normalized spacial score (nSPS) is 11.2. The summed E-state index contributed by atoms with van der Waals surface area (Å²) in [5.41, 5.74) is 6.37. The van der Waals surface area contributed by atoms with Gasteiger partial charge in [0.1, 0.15) is 5.75 Å². The van der Waals surface area contributed by atoms with E-state index >= 15 is 0 Å². The number of methoxy groups -OCH3 is 1. The lowest BCUT2D eigenvalue weighted by molar-refractivity contribution is -0.122. The van der Waals surface area contributed by atoms with Crippen LogP contribution in [0.3, 0.4) is 0 Å². The number of hydrogen-bond donors (Lipinski definition) is 2. The lowest BCUT2D eigenvalue weighted by atomic mass is 10.2. The van der Waals surface area contributed by atoms with Gasteiger partial charge in [-0.3, -0.25) is 4.79 Å². The number of hydrogen-bond acceptors (Lipinski definition) is 3. The van der Waals surface area contributed by atoms with Gasteiger partial charge in [-0.2, -0.15) is 0 Å². The SMILES string of the molecule is COc1ccccc1CNC(=O)C(C)N.Cl. The second kappa shape index (κ2) is 7.09. The number of para-hydroxylation sites is 1. The van der Waals surface area contributed by atoms with Gasteiger partial charge in [-0.25, -0.2) is 0 Å². The van der Waals surface area contributed by atoms with Crippen LogP contribution in [0.2, 0.25) is 0 Å². The summed E-state index contributed by atoms with van der Waals surface area (Å²) < 4.78 is 5.16. The van der Waals surface area contributed by atoms with Crippen LogP contribution >= 0.6 is 12.4 Å². The van der Waals surface area contributed by atoms with E-state index in [9.17, 15) is 4.79 Å². The van der Waals surface area contributed by atoms with Crippen LogP contribution < -0.4 is 15.8 Å². The molecule has 0 fully saturated rings. The molecule has 90 valence electrons. The Morgan fingerprint density at radius 2 is 2.12 bits per heavy atom. The molecular weight excluding hydrogens is 228 g/mol. The fourth-order valence-corrected chi connectivity index (χ4v) is 1.19. The van der Waals surface area contributed by atoms with E-state index in [0.29, 0.717) is 6.54 Å². The molecule has 5 heteroatoms. The fourth-order valence-electron chi connectivity index (χ4n) is 1.19. The molecule has 0 saturated carbocycles. The molecule has 0 aliphatic rings. The Hall–Kier alpha value is -1.26. The molecule has 0 aromatic heterocycles. The van der Waals surface area contributed by atoms with Gasteiger partial charge < -0.3 is 15.8 Å². The second-order valence-corrected chi connectivity index (χ2v) is 3.32. The van der Waals surface area contributed by atoms with Crippen LogP contribution in [0.4, 0.5) is 0 Å². The largest absolute Gasteiger partial charge is 0.496 e. The molecule has 4 nitrogen and oxygen atoms in total. The van der Waals surface area contributed by atoms with Gasteiger partial charge in [-0.05, 0) is 13.0 Å². The van der Waals surface area contributed by atoms with E-state index < -0.39 is 6.04 Å². The quantitative estimate of drug-likeness (QED) is 0.833. The first kappa shape index (κ1) is 14.7. The number of benzene rings is 1. The molecule has 1 aromatic carbocycles. The Labute approximate surface area is 102 Å². The lowest BCUT2D eigenvalue weighted by Gasteiger charge is -2.10. The highest BCUT2D eigenvalue weighted by Crippen LogP contribution is 2.16. The van der Waals surface area contributed by atoms with E-state index in [1.165, 1.54) is 0 Å². The van der Waals surface area contributed by atoms with Gasteiger partial charge in [0, 0.05) is 12.1 Å². The van der Waals surface area contributed by atoms with Crippen LogP contribution in [-0.2, 0) is 11.3 Å². The molecule has 3 N–H and O–H groups in total. The molecule has 0 saturated heterocycles. The zero-order valence-corrected chi connectivity index (χ0v) is 10.2. The van der Waals surface area contributed by atoms with Crippen molar-refractivity contribution in [3.05, 3.63) is 29.8 Å². The molecule has 1 amide bonds.